The van der Waals surface area contributed by atoms with E-state index in [1.165, 1.54) is 0 Å². The Morgan fingerprint density at radius 1 is 1.24 bits per heavy atom. The van der Waals surface area contributed by atoms with Crippen LogP contribution in [0, 0.1) is 0 Å². The third-order valence-electron chi connectivity index (χ3n) is 3.08. The summed E-state index contributed by atoms with van der Waals surface area (Å²) in [7, 11) is 0. The molecule has 2 aromatic heterocycles. The SMILES string of the molecule is CCOc1cccc(NCc2cn3cc(Cl)ccc3n2)c1. The van der Waals surface area contributed by atoms with Crippen molar-refractivity contribution in [2.75, 3.05) is 11.9 Å². The number of pyridine rings is 1. The molecule has 1 N–H and O–H groups in total. The van der Waals surface area contributed by atoms with E-state index < -0.39 is 0 Å². The van der Waals surface area contributed by atoms with Crippen LogP contribution >= 0.6 is 11.6 Å². The van der Waals surface area contributed by atoms with E-state index in [1.54, 1.807) is 0 Å². The van der Waals surface area contributed by atoms with Crippen molar-refractivity contribution in [3.8, 4) is 5.75 Å². The van der Waals surface area contributed by atoms with E-state index in [0.717, 1.165) is 22.8 Å². The van der Waals surface area contributed by atoms with Gasteiger partial charge in [0.2, 0.25) is 0 Å². The largest absolute Gasteiger partial charge is 0.494 e. The van der Waals surface area contributed by atoms with Gasteiger partial charge in [-0.1, -0.05) is 17.7 Å². The Labute approximate surface area is 128 Å². The molecule has 0 unspecified atom stereocenters. The molecule has 5 heteroatoms. The lowest BCUT2D eigenvalue weighted by atomic mass is 10.3. The number of nitrogens with zero attached hydrogens (tertiary/aromatic N) is 2. The van der Waals surface area contributed by atoms with Gasteiger partial charge in [-0.15, -0.1) is 0 Å². The zero-order valence-corrected chi connectivity index (χ0v) is 12.5. The Morgan fingerprint density at radius 3 is 3.00 bits per heavy atom. The van der Waals surface area contributed by atoms with E-state index in [4.69, 9.17) is 16.3 Å². The molecule has 4 nitrogen and oxygen atoms in total. The van der Waals surface area contributed by atoms with Gasteiger partial charge in [0.05, 0.1) is 23.9 Å². The van der Waals surface area contributed by atoms with Crippen LogP contribution in [0.25, 0.3) is 5.65 Å². The van der Waals surface area contributed by atoms with Crippen LogP contribution in [0.3, 0.4) is 0 Å². The van der Waals surface area contributed by atoms with E-state index in [9.17, 15) is 0 Å². The number of halogens is 1. The quantitative estimate of drug-likeness (QED) is 0.774. The Hall–Kier alpha value is -2.20. The number of aromatic nitrogens is 2. The summed E-state index contributed by atoms with van der Waals surface area (Å²) >= 11 is 5.97. The number of fused-ring (bicyclic) bond motifs is 1. The molecule has 0 saturated heterocycles. The number of hydrogen-bond donors (Lipinski definition) is 1. The maximum atomic E-state index is 5.97. The summed E-state index contributed by atoms with van der Waals surface area (Å²) in [5, 5.41) is 4.04. The smallest absolute Gasteiger partial charge is 0.137 e. The maximum Gasteiger partial charge on any atom is 0.137 e. The van der Waals surface area contributed by atoms with E-state index in [2.05, 4.69) is 10.3 Å². The molecule has 108 valence electrons. The molecular formula is C16H16ClN3O. The molecular weight excluding hydrogens is 286 g/mol. The maximum absolute atomic E-state index is 5.97. The van der Waals surface area contributed by atoms with Crippen molar-refractivity contribution in [3.63, 3.8) is 0 Å². The Kier molecular flexibility index (Phi) is 3.97. The molecule has 0 saturated carbocycles. The molecule has 1 aromatic carbocycles. The first-order valence-electron chi connectivity index (χ1n) is 6.84. The van der Waals surface area contributed by atoms with Crippen LogP contribution in [0.5, 0.6) is 5.75 Å². The molecule has 0 fully saturated rings. The van der Waals surface area contributed by atoms with Crippen LogP contribution in [0.4, 0.5) is 5.69 Å². The number of anilines is 1. The monoisotopic (exact) mass is 301 g/mol. The zero-order valence-electron chi connectivity index (χ0n) is 11.7. The number of imidazole rings is 1. The van der Waals surface area contributed by atoms with Gasteiger partial charge in [-0.05, 0) is 31.2 Å². The summed E-state index contributed by atoms with van der Waals surface area (Å²) in [6, 6.07) is 11.7. The normalized spacial score (nSPS) is 10.8. The summed E-state index contributed by atoms with van der Waals surface area (Å²) < 4.78 is 7.41. The van der Waals surface area contributed by atoms with Crippen molar-refractivity contribution in [2.45, 2.75) is 13.5 Å². The summed E-state index contributed by atoms with van der Waals surface area (Å²) in [4.78, 5) is 4.54. The van der Waals surface area contributed by atoms with Crippen molar-refractivity contribution in [3.05, 3.63) is 59.5 Å². The molecule has 0 aliphatic carbocycles. The van der Waals surface area contributed by atoms with Crippen LogP contribution in [0.1, 0.15) is 12.6 Å². The topological polar surface area (TPSA) is 38.6 Å². The standard InChI is InChI=1S/C16H16ClN3O/c1-2-21-15-5-3-4-13(8-15)18-9-14-11-20-10-12(17)6-7-16(20)19-14/h3-8,10-11,18H,2,9H2,1H3. The van der Waals surface area contributed by atoms with E-state index in [-0.39, 0.29) is 0 Å². The zero-order chi connectivity index (χ0) is 14.7. The van der Waals surface area contributed by atoms with Crippen LogP contribution < -0.4 is 10.1 Å². The van der Waals surface area contributed by atoms with Crippen molar-refractivity contribution < 1.29 is 4.74 Å². The molecule has 0 aliphatic heterocycles. The summed E-state index contributed by atoms with van der Waals surface area (Å²) in [6.07, 6.45) is 3.82. The van der Waals surface area contributed by atoms with Crippen LogP contribution in [-0.4, -0.2) is 16.0 Å². The molecule has 0 radical (unpaired) electrons. The lowest BCUT2D eigenvalue weighted by Gasteiger charge is -2.07. The number of hydrogen-bond acceptors (Lipinski definition) is 3. The van der Waals surface area contributed by atoms with Crippen molar-refractivity contribution in [2.24, 2.45) is 0 Å². The molecule has 3 rings (SSSR count). The van der Waals surface area contributed by atoms with Gasteiger partial charge >= 0.3 is 0 Å². The summed E-state index contributed by atoms with van der Waals surface area (Å²) in [6.45, 7) is 3.29. The predicted molar refractivity (Wildman–Crippen MR) is 85.1 cm³/mol. The molecule has 0 amide bonds. The molecule has 3 aromatic rings. The number of ether oxygens (including phenoxy) is 1. The Bertz CT molecular complexity index is 754. The van der Waals surface area contributed by atoms with Gasteiger partial charge in [0.1, 0.15) is 11.4 Å². The molecule has 0 aliphatic rings. The number of nitrogens with one attached hydrogen (secondary N) is 1. The second-order valence-corrected chi connectivity index (χ2v) is 5.10. The fraction of sp³-hybridized carbons (Fsp3) is 0.188. The van der Waals surface area contributed by atoms with E-state index in [0.29, 0.717) is 18.2 Å². The molecule has 0 bridgehead atoms. The van der Waals surface area contributed by atoms with Gasteiger partial charge < -0.3 is 14.5 Å². The van der Waals surface area contributed by atoms with Crippen molar-refractivity contribution >= 4 is 22.9 Å². The fourth-order valence-corrected chi connectivity index (χ4v) is 2.33. The van der Waals surface area contributed by atoms with Gasteiger partial charge in [0.25, 0.3) is 0 Å². The molecule has 2 heterocycles. The highest BCUT2D eigenvalue weighted by atomic mass is 35.5. The average Bonchev–Trinajstić information content (AvgIpc) is 2.88. The van der Waals surface area contributed by atoms with Crippen molar-refractivity contribution in [1.29, 1.82) is 0 Å². The Balaban J connectivity index is 1.72. The van der Waals surface area contributed by atoms with Gasteiger partial charge in [-0.2, -0.15) is 0 Å². The third-order valence-corrected chi connectivity index (χ3v) is 3.31. The minimum atomic E-state index is 0.648. The lowest BCUT2D eigenvalue weighted by Crippen LogP contribution is -2.00. The molecule has 0 spiro atoms. The van der Waals surface area contributed by atoms with Crippen LogP contribution in [0.2, 0.25) is 5.02 Å². The van der Waals surface area contributed by atoms with Gasteiger partial charge in [0.15, 0.2) is 0 Å². The van der Waals surface area contributed by atoms with E-state index in [1.807, 2.05) is 60.1 Å². The van der Waals surface area contributed by atoms with Crippen molar-refractivity contribution in [1.82, 2.24) is 9.38 Å². The van der Waals surface area contributed by atoms with Gasteiger partial charge in [-0.3, -0.25) is 0 Å². The summed E-state index contributed by atoms with van der Waals surface area (Å²) in [5.41, 5.74) is 2.86. The predicted octanol–water partition coefficient (Wildman–Crippen LogP) is 4.00. The second kappa shape index (κ2) is 6.06. The summed E-state index contributed by atoms with van der Waals surface area (Å²) in [5.74, 6) is 0.865. The minimum absolute atomic E-state index is 0.648. The highest BCUT2D eigenvalue weighted by Gasteiger charge is 2.02. The van der Waals surface area contributed by atoms with Crippen LogP contribution in [0.15, 0.2) is 48.8 Å². The van der Waals surface area contributed by atoms with Gasteiger partial charge in [-0.25, -0.2) is 4.98 Å². The third kappa shape index (κ3) is 3.28. The highest BCUT2D eigenvalue weighted by Crippen LogP contribution is 2.18. The average molecular weight is 302 g/mol. The first-order chi connectivity index (χ1) is 10.2. The first-order valence-corrected chi connectivity index (χ1v) is 7.22. The minimum Gasteiger partial charge on any atom is -0.494 e. The molecule has 21 heavy (non-hydrogen) atoms. The fourth-order valence-electron chi connectivity index (χ4n) is 2.16. The first kappa shape index (κ1) is 13.8. The Morgan fingerprint density at radius 2 is 2.14 bits per heavy atom. The van der Waals surface area contributed by atoms with Crippen LogP contribution in [-0.2, 0) is 6.54 Å². The number of benzene rings is 1. The highest BCUT2D eigenvalue weighted by molar-refractivity contribution is 6.30. The lowest BCUT2D eigenvalue weighted by molar-refractivity contribution is 0.340. The second-order valence-electron chi connectivity index (χ2n) is 4.66. The van der Waals surface area contributed by atoms with Gasteiger partial charge in [0, 0.05) is 24.1 Å². The number of rotatable bonds is 5. The van der Waals surface area contributed by atoms with E-state index >= 15 is 0 Å². The molecule has 0 atom stereocenters.